The van der Waals surface area contributed by atoms with Crippen LogP contribution in [0.15, 0.2) is 18.2 Å². The monoisotopic (exact) mass is 239 g/mol. The van der Waals surface area contributed by atoms with Crippen molar-refractivity contribution in [1.29, 1.82) is 0 Å². The molecule has 2 heterocycles. The Bertz CT molecular complexity index is 356. The average molecular weight is 240 g/mol. The van der Waals surface area contributed by atoms with Crippen LogP contribution < -0.4 is 4.90 Å². The summed E-state index contributed by atoms with van der Waals surface area (Å²) in [6.45, 7) is 2.23. The number of pyridine rings is 1. The normalized spacial score (nSPS) is 21.3. The predicted octanol–water partition coefficient (Wildman–Crippen LogP) is 2.27. The van der Waals surface area contributed by atoms with E-state index in [0.717, 1.165) is 12.4 Å². The van der Waals surface area contributed by atoms with E-state index in [2.05, 4.69) is 28.9 Å². The summed E-state index contributed by atoms with van der Waals surface area (Å²) in [5.74, 6) is 0.952. The molecule has 2 rings (SSSR count). The van der Waals surface area contributed by atoms with Crippen molar-refractivity contribution in [3.05, 3.63) is 23.4 Å². The van der Waals surface area contributed by atoms with Crippen LogP contribution in [0, 0.1) is 0 Å². The quantitative estimate of drug-likeness (QED) is 0.755. The summed E-state index contributed by atoms with van der Waals surface area (Å²) in [7, 11) is 4.27. The van der Waals surface area contributed by atoms with Crippen molar-refractivity contribution in [3.63, 3.8) is 0 Å². The lowest BCUT2D eigenvalue weighted by Gasteiger charge is -2.26. The molecule has 0 spiro atoms. The third-order valence-corrected chi connectivity index (χ3v) is 3.46. The lowest BCUT2D eigenvalue weighted by Crippen LogP contribution is -2.36. The molecule has 1 unspecified atom stereocenters. The second-order valence-corrected chi connectivity index (χ2v) is 4.86. The van der Waals surface area contributed by atoms with Crippen LogP contribution in [0.4, 0.5) is 5.82 Å². The number of nitrogens with zero attached hydrogens (tertiary/aromatic N) is 3. The highest BCUT2D eigenvalue weighted by Gasteiger charge is 2.22. The second-order valence-electron chi connectivity index (χ2n) is 4.48. The lowest BCUT2D eigenvalue weighted by molar-refractivity contribution is 0.314. The summed E-state index contributed by atoms with van der Waals surface area (Å²) in [6, 6.07) is 6.40. The largest absolute Gasteiger partial charge is 0.358 e. The molecule has 4 heteroatoms. The fraction of sp³-hybridized carbons (Fsp3) is 0.583. The molecule has 0 saturated carbocycles. The minimum atomic E-state index is 0.559. The molecule has 0 N–H and O–H groups in total. The molecule has 0 radical (unpaired) electrons. The number of aromatic nitrogens is 1. The van der Waals surface area contributed by atoms with Gasteiger partial charge in [0.05, 0.1) is 0 Å². The zero-order chi connectivity index (χ0) is 11.5. The number of hydrogen-bond acceptors (Lipinski definition) is 3. The van der Waals surface area contributed by atoms with Crippen molar-refractivity contribution >= 4 is 17.4 Å². The molecule has 1 aliphatic rings. The Hall–Kier alpha value is -0.800. The van der Waals surface area contributed by atoms with E-state index in [1.807, 2.05) is 12.1 Å². The van der Waals surface area contributed by atoms with Crippen molar-refractivity contribution in [2.45, 2.75) is 18.9 Å². The van der Waals surface area contributed by atoms with E-state index in [-0.39, 0.29) is 0 Å². The Labute approximate surface area is 102 Å². The third kappa shape index (κ3) is 2.66. The standard InChI is InChI=1S/C12H18ClN3/c1-15-8-4-5-10(15)9-16(2)12-7-3-6-11(13)14-12/h3,6-7,10H,4-5,8-9H2,1-2H3. The van der Waals surface area contributed by atoms with Gasteiger partial charge in [-0.05, 0) is 38.6 Å². The molecule has 1 aliphatic heterocycles. The summed E-state index contributed by atoms with van der Waals surface area (Å²) in [5.41, 5.74) is 0. The van der Waals surface area contributed by atoms with Crippen LogP contribution in [0.3, 0.4) is 0 Å². The van der Waals surface area contributed by atoms with E-state index in [0.29, 0.717) is 11.2 Å². The molecule has 1 saturated heterocycles. The molecule has 0 aliphatic carbocycles. The van der Waals surface area contributed by atoms with E-state index in [4.69, 9.17) is 11.6 Å². The van der Waals surface area contributed by atoms with Crippen LogP contribution in [-0.2, 0) is 0 Å². The van der Waals surface area contributed by atoms with Crippen LogP contribution in [0.5, 0.6) is 0 Å². The van der Waals surface area contributed by atoms with Gasteiger partial charge in [0, 0.05) is 19.6 Å². The van der Waals surface area contributed by atoms with Gasteiger partial charge in [-0.25, -0.2) is 4.98 Å². The first-order valence-corrected chi connectivity index (χ1v) is 6.08. The topological polar surface area (TPSA) is 19.4 Å². The van der Waals surface area contributed by atoms with E-state index in [1.54, 1.807) is 6.07 Å². The van der Waals surface area contributed by atoms with Crippen LogP contribution in [0.25, 0.3) is 0 Å². The number of likely N-dealkylation sites (N-methyl/N-ethyl adjacent to an activating group) is 2. The lowest BCUT2D eigenvalue weighted by atomic mass is 10.2. The molecular weight excluding hydrogens is 222 g/mol. The predicted molar refractivity (Wildman–Crippen MR) is 68.2 cm³/mol. The zero-order valence-electron chi connectivity index (χ0n) is 9.86. The molecule has 0 amide bonds. The van der Waals surface area contributed by atoms with Crippen molar-refractivity contribution in [2.24, 2.45) is 0 Å². The van der Waals surface area contributed by atoms with Gasteiger partial charge in [0.15, 0.2) is 0 Å². The van der Waals surface area contributed by atoms with Crippen LogP contribution >= 0.6 is 11.6 Å². The van der Waals surface area contributed by atoms with Crippen molar-refractivity contribution in [2.75, 3.05) is 32.1 Å². The minimum Gasteiger partial charge on any atom is -0.358 e. The average Bonchev–Trinajstić information content (AvgIpc) is 2.64. The molecule has 0 aromatic carbocycles. The maximum absolute atomic E-state index is 5.89. The fourth-order valence-corrected chi connectivity index (χ4v) is 2.39. The number of halogens is 1. The summed E-state index contributed by atoms with van der Waals surface area (Å²) in [4.78, 5) is 8.91. The fourth-order valence-electron chi connectivity index (χ4n) is 2.23. The highest BCUT2D eigenvalue weighted by atomic mass is 35.5. The molecule has 1 fully saturated rings. The molecule has 88 valence electrons. The number of anilines is 1. The molecule has 1 aromatic heterocycles. The first kappa shape index (κ1) is 11.7. The SMILES string of the molecule is CN(CC1CCCN1C)c1cccc(Cl)n1. The maximum Gasteiger partial charge on any atom is 0.131 e. The first-order valence-electron chi connectivity index (χ1n) is 5.71. The summed E-state index contributed by atoms with van der Waals surface area (Å²) in [5, 5.41) is 0.559. The van der Waals surface area contributed by atoms with Gasteiger partial charge in [-0.3, -0.25) is 0 Å². The van der Waals surface area contributed by atoms with Crippen LogP contribution in [0.1, 0.15) is 12.8 Å². The Morgan fingerprint density at radius 1 is 1.56 bits per heavy atom. The van der Waals surface area contributed by atoms with Gasteiger partial charge in [-0.15, -0.1) is 0 Å². The van der Waals surface area contributed by atoms with Gasteiger partial charge in [-0.1, -0.05) is 17.7 Å². The van der Waals surface area contributed by atoms with Crippen LogP contribution in [0.2, 0.25) is 5.15 Å². The number of likely N-dealkylation sites (tertiary alicyclic amines) is 1. The van der Waals surface area contributed by atoms with E-state index in [9.17, 15) is 0 Å². The van der Waals surface area contributed by atoms with E-state index >= 15 is 0 Å². The molecular formula is C12H18ClN3. The summed E-state index contributed by atoms with van der Waals surface area (Å²) < 4.78 is 0. The molecule has 3 nitrogen and oxygen atoms in total. The molecule has 1 atom stereocenters. The summed E-state index contributed by atoms with van der Waals surface area (Å²) in [6.07, 6.45) is 2.58. The molecule has 1 aromatic rings. The second kappa shape index (κ2) is 5.02. The van der Waals surface area contributed by atoms with Gasteiger partial charge in [0.2, 0.25) is 0 Å². The Morgan fingerprint density at radius 2 is 2.38 bits per heavy atom. The zero-order valence-corrected chi connectivity index (χ0v) is 10.6. The van der Waals surface area contributed by atoms with Crippen molar-refractivity contribution in [3.8, 4) is 0 Å². The van der Waals surface area contributed by atoms with Crippen molar-refractivity contribution in [1.82, 2.24) is 9.88 Å². The Morgan fingerprint density at radius 3 is 3.00 bits per heavy atom. The third-order valence-electron chi connectivity index (χ3n) is 3.25. The Kier molecular flexibility index (Phi) is 3.66. The maximum atomic E-state index is 5.89. The molecule has 16 heavy (non-hydrogen) atoms. The highest BCUT2D eigenvalue weighted by Crippen LogP contribution is 2.19. The number of hydrogen-bond donors (Lipinski definition) is 0. The van der Waals surface area contributed by atoms with Crippen LogP contribution in [-0.4, -0.2) is 43.1 Å². The van der Waals surface area contributed by atoms with E-state index < -0.39 is 0 Å². The van der Waals surface area contributed by atoms with Gasteiger partial charge < -0.3 is 9.80 Å². The minimum absolute atomic E-state index is 0.559. The first-order chi connectivity index (χ1) is 7.66. The highest BCUT2D eigenvalue weighted by molar-refractivity contribution is 6.29. The van der Waals surface area contributed by atoms with Crippen molar-refractivity contribution < 1.29 is 0 Å². The van der Waals surface area contributed by atoms with Gasteiger partial charge in [0.1, 0.15) is 11.0 Å². The smallest absolute Gasteiger partial charge is 0.131 e. The Balaban J connectivity index is 1.99. The molecule has 0 bridgehead atoms. The van der Waals surface area contributed by atoms with Gasteiger partial charge >= 0.3 is 0 Å². The number of rotatable bonds is 3. The van der Waals surface area contributed by atoms with Gasteiger partial charge in [-0.2, -0.15) is 0 Å². The van der Waals surface area contributed by atoms with E-state index in [1.165, 1.54) is 19.4 Å². The van der Waals surface area contributed by atoms with Gasteiger partial charge in [0.25, 0.3) is 0 Å². The summed E-state index contributed by atoms with van der Waals surface area (Å²) >= 11 is 5.89.